The number of aliphatic hydroxyl groups is 1. The molecule has 1 N–H and O–H groups in total. The molecule has 3 aliphatic heterocycles. The monoisotopic (exact) mass is 558 g/mol. The van der Waals surface area contributed by atoms with Crippen LogP contribution in [0.5, 0.6) is 0 Å². The third kappa shape index (κ3) is 4.60. The predicted molar refractivity (Wildman–Crippen MR) is 149 cm³/mol. The molecule has 2 bridgehead atoms. The lowest BCUT2D eigenvalue weighted by Gasteiger charge is -2.41. The van der Waals surface area contributed by atoms with E-state index in [1.807, 2.05) is 20.8 Å². The van der Waals surface area contributed by atoms with E-state index < -0.39 is 41.1 Å². The highest BCUT2D eigenvalue weighted by Crippen LogP contribution is 2.65. The number of amides is 2. The topological polar surface area (TPSA) is 96.4 Å². The number of esters is 1. The Kier molecular flexibility index (Phi) is 8.59. The van der Waals surface area contributed by atoms with Crippen LogP contribution in [0.3, 0.4) is 0 Å². The van der Waals surface area contributed by atoms with Crippen LogP contribution < -0.4 is 4.90 Å². The minimum atomic E-state index is -1.23. The first kappa shape index (κ1) is 29.3. The molecule has 212 valence electrons. The average molecular weight is 559 g/mol. The van der Waals surface area contributed by atoms with E-state index in [4.69, 9.17) is 21.1 Å². The molecule has 3 aliphatic rings. The number of hydrogen-bond donors (Lipinski definition) is 1. The summed E-state index contributed by atoms with van der Waals surface area (Å²) >= 11 is 6.12. The minimum Gasteiger partial charge on any atom is -0.461 e. The highest BCUT2D eigenvalue weighted by Gasteiger charge is 2.79. The highest BCUT2D eigenvalue weighted by molar-refractivity contribution is 6.30. The number of rotatable bonds is 12. The Balaban J connectivity index is 1.87. The van der Waals surface area contributed by atoms with Crippen molar-refractivity contribution in [2.75, 3.05) is 24.7 Å². The average Bonchev–Trinajstić information content (AvgIpc) is 3.55. The molecule has 0 aliphatic carbocycles. The second-order valence-corrected chi connectivity index (χ2v) is 11.3. The molecule has 8 nitrogen and oxygen atoms in total. The second-order valence-electron chi connectivity index (χ2n) is 10.8. The first-order valence-corrected chi connectivity index (χ1v) is 14.1. The second kappa shape index (κ2) is 11.4. The maximum Gasteiger partial charge on any atom is 0.313 e. The van der Waals surface area contributed by atoms with Crippen LogP contribution >= 0.6 is 11.6 Å². The van der Waals surface area contributed by atoms with Gasteiger partial charge in [0.25, 0.3) is 5.91 Å². The van der Waals surface area contributed by atoms with E-state index in [0.29, 0.717) is 36.4 Å². The molecular formula is C30H39ClN2O6. The van der Waals surface area contributed by atoms with Crippen molar-refractivity contribution in [3.8, 4) is 0 Å². The zero-order valence-electron chi connectivity index (χ0n) is 23.0. The van der Waals surface area contributed by atoms with E-state index in [2.05, 4.69) is 13.2 Å². The van der Waals surface area contributed by atoms with Crippen LogP contribution in [0, 0.1) is 17.8 Å². The molecule has 9 heteroatoms. The Labute approximate surface area is 235 Å². The smallest absolute Gasteiger partial charge is 0.313 e. The standard InChI is InChI=1S/C30H39ClN2O6/c1-6-16-32(21-12-10-20(31)11-13-21)27(36)25-30-15-14-29(9-4,39-30)24(28(37)38-17-7-2)23(30)26(35)33(25)22(18-34)19(5)8-3/h6-7,10-13,19,22-25,34H,1-2,8-9,14-18H2,3-5H3/t19-,22-,23-,24+,25?,29-,30?/m0/s1. The van der Waals surface area contributed by atoms with E-state index in [-0.39, 0.29) is 37.5 Å². The molecule has 3 saturated heterocycles. The molecule has 1 aromatic rings. The maximum atomic E-state index is 14.6. The Morgan fingerprint density at radius 2 is 1.95 bits per heavy atom. The van der Waals surface area contributed by atoms with Crippen molar-refractivity contribution in [1.82, 2.24) is 4.90 Å². The number of likely N-dealkylation sites (tertiary alicyclic amines) is 1. The Bertz CT molecular complexity index is 1120. The van der Waals surface area contributed by atoms with E-state index in [0.717, 1.165) is 0 Å². The van der Waals surface area contributed by atoms with Crippen LogP contribution in [0.2, 0.25) is 5.02 Å². The first-order valence-electron chi connectivity index (χ1n) is 13.7. The van der Waals surface area contributed by atoms with Gasteiger partial charge in [0.15, 0.2) is 0 Å². The molecule has 0 aromatic heterocycles. The number of carbonyl (C=O) groups excluding carboxylic acids is 3. The number of nitrogens with zero attached hydrogens (tertiary/aromatic N) is 2. The van der Waals surface area contributed by atoms with Crippen molar-refractivity contribution < 1.29 is 29.0 Å². The number of carbonyl (C=O) groups is 3. The summed E-state index contributed by atoms with van der Waals surface area (Å²) < 4.78 is 12.3. The third-order valence-electron chi connectivity index (χ3n) is 9.01. The summed E-state index contributed by atoms with van der Waals surface area (Å²) in [6.07, 6.45) is 5.25. The number of halogens is 1. The molecule has 1 spiro atoms. The van der Waals surface area contributed by atoms with Crippen LogP contribution in [0.25, 0.3) is 0 Å². The van der Waals surface area contributed by atoms with Crippen molar-refractivity contribution in [3.05, 3.63) is 54.6 Å². The van der Waals surface area contributed by atoms with Crippen LogP contribution in [0.4, 0.5) is 5.69 Å². The van der Waals surface area contributed by atoms with Crippen molar-refractivity contribution >= 4 is 35.1 Å². The summed E-state index contributed by atoms with van der Waals surface area (Å²) in [4.78, 5) is 45.6. The number of fused-ring (bicyclic) bond motifs is 1. The number of anilines is 1. The first-order chi connectivity index (χ1) is 18.7. The van der Waals surface area contributed by atoms with Crippen LogP contribution in [0.15, 0.2) is 49.6 Å². The van der Waals surface area contributed by atoms with Gasteiger partial charge in [-0.3, -0.25) is 14.4 Å². The molecule has 3 heterocycles. The van der Waals surface area contributed by atoms with Gasteiger partial charge in [0, 0.05) is 17.3 Å². The zero-order valence-corrected chi connectivity index (χ0v) is 23.7. The number of ether oxygens (including phenoxy) is 2. The lowest BCUT2D eigenvalue weighted by atomic mass is 9.65. The van der Waals surface area contributed by atoms with Crippen molar-refractivity contribution in [2.45, 2.75) is 69.7 Å². The molecule has 4 rings (SSSR count). The normalized spacial score (nSPS) is 30.5. The summed E-state index contributed by atoms with van der Waals surface area (Å²) in [5.74, 6) is -3.07. The van der Waals surface area contributed by atoms with Crippen LogP contribution in [-0.4, -0.2) is 70.8 Å². The van der Waals surface area contributed by atoms with Gasteiger partial charge in [-0.2, -0.15) is 0 Å². The van der Waals surface area contributed by atoms with Gasteiger partial charge in [-0.05, 0) is 49.4 Å². The van der Waals surface area contributed by atoms with E-state index >= 15 is 0 Å². The molecular weight excluding hydrogens is 520 g/mol. The van der Waals surface area contributed by atoms with E-state index in [1.54, 1.807) is 35.2 Å². The summed E-state index contributed by atoms with van der Waals surface area (Å²) in [7, 11) is 0. The van der Waals surface area contributed by atoms with E-state index in [9.17, 15) is 19.5 Å². The molecule has 0 saturated carbocycles. The van der Waals surface area contributed by atoms with E-state index in [1.165, 1.54) is 11.0 Å². The molecule has 1 aromatic carbocycles. The predicted octanol–water partition coefficient (Wildman–Crippen LogP) is 4.15. The quantitative estimate of drug-likeness (QED) is 0.306. The number of benzene rings is 1. The molecule has 7 atom stereocenters. The van der Waals surface area contributed by atoms with Gasteiger partial charge >= 0.3 is 5.97 Å². The summed E-state index contributed by atoms with van der Waals surface area (Å²) in [5, 5.41) is 11.0. The fraction of sp³-hybridized carbons (Fsp3) is 0.567. The molecule has 2 unspecified atom stereocenters. The lowest BCUT2D eigenvalue weighted by molar-refractivity contribution is -0.161. The molecule has 3 fully saturated rings. The maximum absolute atomic E-state index is 14.6. The van der Waals surface area contributed by atoms with Crippen molar-refractivity contribution in [2.24, 2.45) is 17.8 Å². The highest BCUT2D eigenvalue weighted by atomic mass is 35.5. The zero-order chi connectivity index (χ0) is 28.5. The van der Waals surface area contributed by atoms with Crippen LogP contribution in [0.1, 0.15) is 46.5 Å². The fourth-order valence-electron chi connectivity index (χ4n) is 6.92. The summed E-state index contributed by atoms with van der Waals surface area (Å²) in [6, 6.07) is 5.22. The Morgan fingerprint density at radius 3 is 2.51 bits per heavy atom. The summed E-state index contributed by atoms with van der Waals surface area (Å²) in [6.45, 7) is 13.2. The Hall–Kier alpha value is -2.68. The van der Waals surface area contributed by atoms with Crippen molar-refractivity contribution in [3.63, 3.8) is 0 Å². The summed E-state index contributed by atoms with van der Waals surface area (Å²) in [5.41, 5.74) is -1.53. The third-order valence-corrected chi connectivity index (χ3v) is 9.26. The van der Waals surface area contributed by atoms with Crippen LogP contribution in [-0.2, 0) is 23.9 Å². The minimum absolute atomic E-state index is 0.0188. The Morgan fingerprint density at radius 1 is 1.26 bits per heavy atom. The van der Waals surface area contributed by atoms with Crippen molar-refractivity contribution in [1.29, 1.82) is 0 Å². The van der Waals surface area contributed by atoms with Gasteiger partial charge < -0.3 is 24.4 Å². The molecule has 0 radical (unpaired) electrons. The van der Waals surface area contributed by atoms with Gasteiger partial charge in [0.2, 0.25) is 5.91 Å². The molecule has 39 heavy (non-hydrogen) atoms. The largest absolute Gasteiger partial charge is 0.461 e. The van der Waals surface area contributed by atoms with Gasteiger partial charge in [0.05, 0.1) is 24.2 Å². The van der Waals surface area contributed by atoms with Gasteiger partial charge in [-0.1, -0.05) is 57.5 Å². The molecule has 2 amide bonds. The fourth-order valence-corrected chi connectivity index (χ4v) is 7.04. The number of aliphatic hydroxyl groups excluding tert-OH is 1. The van der Waals surface area contributed by atoms with Gasteiger partial charge in [-0.15, -0.1) is 6.58 Å². The SMILES string of the molecule is C=CCOC(=O)[C@H]1[C@H]2C(=O)N([C@@H](CO)[C@@H](C)CC)C(C(=O)N(CC=C)c3ccc(Cl)cc3)C23CC[C@]1(CC)O3. The van der Waals surface area contributed by atoms with Gasteiger partial charge in [0.1, 0.15) is 24.2 Å². The van der Waals surface area contributed by atoms with Gasteiger partial charge in [-0.25, -0.2) is 0 Å². The number of hydrogen-bond acceptors (Lipinski definition) is 6. The lowest BCUT2D eigenvalue weighted by Crippen LogP contribution is -2.60.